The Hall–Kier alpha value is -3.00. The molecule has 8 heteroatoms. The third-order valence-electron chi connectivity index (χ3n) is 4.10. The molecule has 0 amide bonds. The van der Waals surface area contributed by atoms with Crippen LogP contribution in [0.4, 0.5) is 11.8 Å². The van der Waals surface area contributed by atoms with Crippen LogP contribution in [0.1, 0.15) is 0 Å². The first-order valence-electron chi connectivity index (χ1n) is 8.02. The SMILES string of the molecule is COc1ccccc1-c1cnc2nc(N)nc(N3CCOCC3)c2n1. The van der Waals surface area contributed by atoms with Crippen molar-refractivity contribution in [3.8, 4) is 17.0 Å². The summed E-state index contributed by atoms with van der Waals surface area (Å²) in [4.78, 5) is 19.9. The smallest absolute Gasteiger partial charge is 0.224 e. The average molecular weight is 338 g/mol. The molecule has 3 aromatic rings. The number of benzene rings is 1. The van der Waals surface area contributed by atoms with Gasteiger partial charge < -0.3 is 20.1 Å². The van der Waals surface area contributed by atoms with Gasteiger partial charge >= 0.3 is 0 Å². The van der Waals surface area contributed by atoms with E-state index in [0.29, 0.717) is 35.9 Å². The number of nitrogen functional groups attached to an aromatic ring is 1. The molecule has 1 saturated heterocycles. The summed E-state index contributed by atoms with van der Waals surface area (Å²) < 4.78 is 10.8. The standard InChI is InChI=1S/C17H18N6O2/c1-24-13-5-3-2-4-11(13)12-10-19-15-14(20-12)16(22-17(18)21-15)23-6-8-25-9-7-23/h2-5,10H,6-9H2,1H3,(H2,18,19,21,22). The topological polar surface area (TPSA) is 99.3 Å². The predicted molar refractivity (Wildman–Crippen MR) is 94.6 cm³/mol. The van der Waals surface area contributed by atoms with E-state index in [9.17, 15) is 0 Å². The summed E-state index contributed by atoms with van der Waals surface area (Å²) in [6.45, 7) is 2.74. The molecule has 0 atom stereocenters. The fraction of sp³-hybridized carbons (Fsp3) is 0.294. The Labute approximate surface area is 144 Å². The number of aromatic nitrogens is 4. The van der Waals surface area contributed by atoms with E-state index in [4.69, 9.17) is 20.2 Å². The van der Waals surface area contributed by atoms with Gasteiger partial charge in [0.15, 0.2) is 17.0 Å². The minimum Gasteiger partial charge on any atom is -0.496 e. The van der Waals surface area contributed by atoms with Gasteiger partial charge in [-0.25, -0.2) is 9.97 Å². The fourth-order valence-electron chi connectivity index (χ4n) is 2.89. The van der Waals surface area contributed by atoms with Crippen molar-refractivity contribution in [3.05, 3.63) is 30.5 Å². The third kappa shape index (κ3) is 2.91. The van der Waals surface area contributed by atoms with Gasteiger partial charge in [-0.1, -0.05) is 12.1 Å². The number of methoxy groups -OCH3 is 1. The number of morpholine rings is 1. The van der Waals surface area contributed by atoms with E-state index < -0.39 is 0 Å². The Morgan fingerprint density at radius 3 is 2.72 bits per heavy atom. The molecule has 1 aliphatic rings. The van der Waals surface area contributed by atoms with E-state index in [2.05, 4.69) is 19.9 Å². The molecule has 128 valence electrons. The molecule has 4 rings (SSSR count). The minimum absolute atomic E-state index is 0.188. The van der Waals surface area contributed by atoms with Gasteiger partial charge in [-0.15, -0.1) is 0 Å². The molecule has 0 saturated carbocycles. The van der Waals surface area contributed by atoms with Crippen molar-refractivity contribution in [3.63, 3.8) is 0 Å². The highest BCUT2D eigenvalue weighted by molar-refractivity contribution is 5.86. The van der Waals surface area contributed by atoms with Gasteiger partial charge in [0.2, 0.25) is 5.95 Å². The zero-order chi connectivity index (χ0) is 17.2. The zero-order valence-electron chi connectivity index (χ0n) is 13.8. The normalized spacial score (nSPS) is 14.7. The van der Waals surface area contributed by atoms with Gasteiger partial charge in [0.25, 0.3) is 0 Å². The maximum Gasteiger partial charge on any atom is 0.224 e. The number of rotatable bonds is 3. The van der Waals surface area contributed by atoms with Gasteiger partial charge in [-0.05, 0) is 12.1 Å². The second kappa shape index (κ2) is 6.48. The van der Waals surface area contributed by atoms with Crippen molar-refractivity contribution in [1.82, 2.24) is 19.9 Å². The number of nitrogens with two attached hydrogens (primary N) is 1. The van der Waals surface area contributed by atoms with E-state index in [0.717, 1.165) is 24.4 Å². The molecule has 0 radical (unpaired) electrons. The maximum absolute atomic E-state index is 5.86. The monoisotopic (exact) mass is 338 g/mol. The minimum atomic E-state index is 0.188. The molecule has 25 heavy (non-hydrogen) atoms. The number of fused-ring (bicyclic) bond motifs is 1. The molecule has 1 fully saturated rings. The maximum atomic E-state index is 5.86. The van der Waals surface area contributed by atoms with Crippen molar-refractivity contribution in [2.24, 2.45) is 0 Å². The summed E-state index contributed by atoms with van der Waals surface area (Å²) in [6.07, 6.45) is 1.68. The average Bonchev–Trinajstić information content (AvgIpc) is 2.67. The van der Waals surface area contributed by atoms with Gasteiger partial charge in [0.1, 0.15) is 5.75 Å². The molecule has 0 aliphatic carbocycles. The van der Waals surface area contributed by atoms with E-state index >= 15 is 0 Å². The van der Waals surface area contributed by atoms with Crippen LogP contribution in [0.3, 0.4) is 0 Å². The summed E-state index contributed by atoms with van der Waals surface area (Å²) in [6, 6.07) is 7.69. The Morgan fingerprint density at radius 1 is 1.12 bits per heavy atom. The van der Waals surface area contributed by atoms with E-state index in [-0.39, 0.29) is 5.95 Å². The van der Waals surface area contributed by atoms with Crippen molar-refractivity contribution >= 4 is 22.9 Å². The Bertz CT molecular complexity index is 911. The third-order valence-corrected chi connectivity index (χ3v) is 4.10. The molecule has 1 aromatic carbocycles. The molecule has 2 N–H and O–H groups in total. The van der Waals surface area contributed by atoms with E-state index in [1.807, 2.05) is 24.3 Å². The van der Waals surface area contributed by atoms with Crippen LogP contribution in [0.25, 0.3) is 22.4 Å². The van der Waals surface area contributed by atoms with Crippen molar-refractivity contribution < 1.29 is 9.47 Å². The summed E-state index contributed by atoms with van der Waals surface area (Å²) >= 11 is 0. The lowest BCUT2D eigenvalue weighted by atomic mass is 10.1. The van der Waals surface area contributed by atoms with Gasteiger partial charge in [0, 0.05) is 18.7 Å². The van der Waals surface area contributed by atoms with Crippen molar-refractivity contribution in [1.29, 1.82) is 0 Å². The molecule has 0 bridgehead atoms. The Morgan fingerprint density at radius 2 is 1.92 bits per heavy atom. The van der Waals surface area contributed by atoms with Crippen LogP contribution in [0, 0.1) is 0 Å². The number of para-hydroxylation sites is 1. The van der Waals surface area contributed by atoms with Crippen LogP contribution in [0.15, 0.2) is 30.5 Å². The molecule has 8 nitrogen and oxygen atoms in total. The van der Waals surface area contributed by atoms with Crippen LogP contribution in [0.5, 0.6) is 5.75 Å². The van der Waals surface area contributed by atoms with Crippen LogP contribution in [-0.4, -0.2) is 53.3 Å². The Kier molecular flexibility index (Phi) is 4.02. The summed E-state index contributed by atoms with van der Waals surface area (Å²) in [5.74, 6) is 1.61. The summed E-state index contributed by atoms with van der Waals surface area (Å²) in [5, 5.41) is 0. The first-order chi connectivity index (χ1) is 12.3. The lowest BCUT2D eigenvalue weighted by molar-refractivity contribution is 0.122. The van der Waals surface area contributed by atoms with Crippen molar-refractivity contribution in [2.45, 2.75) is 0 Å². The number of hydrogen-bond acceptors (Lipinski definition) is 8. The highest BCUT2D eigenvalue weighted by atomic mass is 16.5. The zero-order valence-corrected chi connectivity index (χ0v) is 13.8. The van der Waals surface area contributed by atoms with Crippen LogP contribution < -0.4 is 15.4 Å². The van der Waals surface area contributed by atoms with Crippen molar-refractivity contribution in [2.75, 3.05) is 44.0 Å². The highest BCUT2D eigenvalue weighted by Gasteiger charge is 2.19. The molecule has 0 unspecified atom stereocenters. The molecule has 3 heterocycles. The predicted octanol–water partition coefficient (Wildman–Crippen LogP) is 1.51. The molecule has 1 aliphatic heterocycles. The largest absolute Gasteiger partial charge is 0.496 e. The van der Waals surface area contributed by atoms with Crippen LogP contribution >= 0.6 is 0 Å². The molecular formula is C17H18N6O2. The lowest BCUT2D eigenvalue weighted by Gasteiger charge is -2.28. The number of hydrogen-bond donors (Lipinski definition) is 1. The highest BCUT2D eigenvalue weighted by Crippen LogP contribution is 2.30. The second-order valence-electron chi connectivity index (χ2n) is 5.63. The second-order valence-corrected chi connectivity index (χ2v) is 5.63. The quantitative estimate of drug-likeness (QED) is 0.767. The number of anilines is 2. The van der Waals surface area contributed by atoms with E-state index in [1.165, 1.54) is 0 Å². The first kappa shape index (κ1) is 15.5. The summed E-state index contributed by atoms with van der Waals surface area (Å²) in [5.41, 5.74) is 8.53. The molecule has 2 aromatic heterocycles. The Balaban J connectivity index is 1.88. The van der Waals surface area contributed by atoms with Crippen LogP contribution in [0.2, 0.25) is 0 Å². The fourth-order valence-corrected chi connectivity index (χ4v) is 2.89. The lowest BCUT2D eigenvalue weighted by Crippen LogP contribution is -2.37. The summed E-state index contributed by atoms with van der Waals surface area (Å²) in [7, 11) is 1.64. The van der Waals surface area contributed by atoms with E-state index in [1.54, 1.807) is 13.3 Å². The number of nitrogens with zero attached hydrogens (tertiary/aromatic N) is 5. The molecular weight excluding hydrogens is 320 g/mol. The van der Waals surface area contributed by atoms with Crippen LogP contribution in [-0.2, 0) is 4.74 Å². The molecule has 0 spiro atoms. The first-order valence-corrected chi connectivity index (χ1v) is 8.02. The van der Waals surface area contributed by atoms with Gasteiger partial charge in [0.05, 0.1) is 32.2 Å². The van der Waals surface area contributed by atoms with Gasteiger partial charge in [-0.2, -0.15) is 9.97 Å². The number of ether oxygens (including phenoxy) is 2. The van der Waals surface area contributed by atoms with Gasteiger partial charge in [-0.3, -0.25) is 0 Å².